The number of nitrogens with zero attached hydrogens (tertiary/aromatic N) is 2. The first-order valence-corrected chi connectivity index (χ1v) is 5.28. The number of hydrogen-bond donors (Lipinski definition) is 1. The molecule has 72 valence electrons. The molecule has 0 spiro atoms. The number of aromatic nitrogens is 2. The number of anilines is 1. The van der Waals surface area contributed by atoms with Gasteiger partial charge in [-0.1, -0.05) is 11.3 Å². The molecule has 0 saturated heterocycles. The molecule has 1 fully saturated rings. The highest BCUT2D eigenvalue weighted by molar-refractivity contribution is 7.15. The second-order valence-electron chi connectivity index (χ2n) is 3.32. The van der Waals surface area contributed by atoms with Gasteiger partial charge in [0, 0.05) is 0 Å². The molecule has 1 aromatic rings. The van der Waals surface area contributed by atoms with E-state index in [0.29, 0.717) is 6.42 Å². The van der Waals surface area contributed by atoms with Gasteiger partial charge in [-0.25, -0.2) is 4.39 Å². The first-order valence-electron chi connectivity index (χ1n) is 4.46. The molecule has 1 heterocycles. The van der Waals surface area contributed by atoms with Crippen molar-refractivity contribution in [3.63, 3.8) is 0 Å². The van der Waals surface area contributed by atoms with Gasteiger partial charge in [-0.2, -0.15) is 0 Å². The van der Waals surface area contributed by atoms with Crippen LogP contribution in [0.1, 0.15) is 24.3 Å². The lowest BCUT2D eigenvalue weighted by atomic mass is 10.2. The quantitative estimate of drug-likeness (QED) is 0.796. The van der Waals surface area contributed by atoms with Gasteiger partial charge < -0.3 is 5.32 Å². The van der Waals surface area contributed by atoms with E-state index in [4.69, 9.17) is 0 Å². The number of rotatable bonds is 2. The number of nitrogens with one attached hydrogen (secondary N) is 1. The highest BCUT2D eigenvalue weighted by Crippen LogP contribution is 2.26. The fourth-order valence-electron chi connectivity index (χ4n) is 1.59. The summed E-state index contributed by atoms with van der Waals surface area (Å²) < 4.78 is 13.2. The van der Waals surface area contributed by atoms with Crippen LogP contribution < -0.4 is 5.32 Å². The van der Waals surface area contributed by atoms with Gasteiger partial charge in [0.1, 0.15) is 11.2 Å². The number of hydrogen-bond acceptors (Lipinski definition) is 4. The summed E-state index contributed by atoms with van der Waals surface area (Å²) in [5, 5.41) is 12.5. The maximum atomic E-state index is 13.2. The average molecular weight is 201 g/mol. The minimum absolute atomic E-state index is 0.0488. The van der Waals surface area contributed by atoms with Crippen LogP contribution in [0.3, 0.4) is 0 Å². The molecule has 0 aromatic carbocycles. The Morgan fingerprint density at radius 3 is 2.85 bits per heavy atom. The van der Waals surface area contributed by atoms with E-state index in [1.807, 2.05) is 6.92 Å². The molecule has 0 radical (unpaired) electrons. The maximum Gasteiger partial charge on any atom is 0.205 e. The highest BCUT2D eigenvalue weighted by atomic mass is 32.1. The third-order valence-electron chi connectivity index (χ3n) is 2.27. The second-order valence-corrected chi connectivity index (χ2v) is 4.51. The van der Waals surface area contributed by atoms with Crippen LogP contribution in [-0.2, 0) is 0 Å². The van der Waals surface area contributed by atoms with Crippen LogP contribution in [0.4, 0.5) is 9.52 Å². The van der Waals surface area contributed by atoms with Crippen molar-refractivity contribution in [1.82, 2.24) is 10.2 Å². The normalized spacial score (nSPS) is 27.8. The van der Waals surface area contributed by atoms with Gasteiger partial charge in [-0.05, 0) is 26.2 Å². The number of aryl methyl sites for hydroxylation is 1. The summed E-state index contributed by atoms with van der Waals surface area (Å²) in [6.07, 6.45) is 1.83. The fraction of sp³-hybridized carbons (Fsp3) is 0.750. The smallest absolute Gasteiger partial charge is 0.205 e. The van der Waals surface area contributed by atoms with Gasteiger partial charge in [0.2, 0.25) is 5.13 Å². The summed E-state index contributed by atoms with van der Waals surface area (Å²) in [5.41, 5.74) is 0. The maximum absolute atomic E-state index is 13.2. The molecule has 1 saturated carbocycles. The Morgan fingerprint density at radius 1 is 1.46 bits per heavy atom. The Hall–Kier alpha value is -0.710. The van der Waals surface area contributed by atoms with Crippen LogP contribution in [-0.4, -0.2) is 22.4 Å². The number of alkyl halides is 1. The Balaban J connectivity index is 1.97. The number of halogens is 1. The van der Waals surface area contributed by atoms with Crippen LogP contribution >= 0.6 is 11.3 Å². The van der Waals surface area contributed by atoms with Crippen LogP contribution in [0.15, 0.2) is 0 Å². The molecular formula is C8H12FN3S. The summed E-state index contributed by atoms with van der Waals surface area (Å²) in [6, 6.07) is -0.0488. The molecule has 2 rings (SSSR count). The van der Waals surface area contributed by atoms with Crippen molar-refractivity contribution >= 4 is 16.5 Å². The van der Waals surface area contributed by atoms with Crippen LogP contribution in [0, 0.1) is 6.92 Å². The summed E-state index contributed by atoms with van der Waals surface area (Å²) >= 11 is 1.48. The van der Waals surface area contributed by atoms with Crippen molar-refractivity contribution in [3.8, 4) is 0 Å². The molecule has 1 N–H and O–H groups in total. The van der Waals surface area contributed by atoms with E-state index < -0.39 is 6.17 Å². The fourth-order valence-corrected chi connectivity index (χ4v) is 2.24. The van der Waals surface area contributed by atoms with Crippen molar-refractivity contribution in [3.05, 3.63) is 5.01 Å². The Morgan fingerprint density at radius 2 is 2.31 bits per heavy atom. The van der Waals surface area contributed by atoms with E-state index in [1.54, 1.807) is 0 Å². The highest BCUT2D eigenvalue weighted by Gasteiger charge is 2.27. The third-order valence-corrected chi connectivity index (χ3v) is 3.04. The van der Waals surface area contributed by atoms with Crippen molar-refractivity contribution < 1.29 is 4.39 Å². The molecule has 1 aromatic heterocycles. The summed E-state index contributed by atoms with van der Waals surface area (Å²) in [7, 11) is 0. The largest absolute Gasteiger partial charge is 0.354 e. The molecule has 2 atom stereocenters. The molecule has 0 bridgehead atoms. The van der Waals surface area contributed by atoms with Gasteiger partial charge >= 0.3 is 0 Å². The predicted octanol–water partition coefficient (Wildman–Crippen LogP) is 2.15. The molecule has 0 aliphatic heterocycles. The topological polar surface area (TPSA) is 37.8 Å². The van der Waals surface area contributed by atoms with E-state index in [1.165, 1.54) is 11.3 Å². The molecule has 0 amide bonds. The lowest BCUT2D eigenvalue weighted by Crippen LogP contribution is -2.24. The molecule has 1 aliphatic carbocycles. The van der Waals surface area contributed by atoms with Crippen molar-refractivity contribution in [2.24, 2.45) is 0 Å². The van der Waals surface area contributed by atoms with Gasteiger partial charge in [0.05, 0.1) is 6.04 Å². The molecule has 1 aliphatic rings. The average Bonchev–Trinajstić information content (AvgIpc) is 2.64. The molecular weight excluding hydrogens is 189 g/mol. The van der Waals surface area contributed by atoms with Gasteiger partial charge in [0.15, 0.2) is 0 Å². The minimum Gasteiger partial charge on any atom is -0.354 e. The van der Waals surface area contributed by atoms with Crippen LogP contribution in [0.5, 0.6) is 0 Å². The Labute approximate surface area is 80.4 Å². The van der Waals surface area contributed by atoms with Crippen molar-refractivity contribution in [2.75, 3.05) is 5.32 Å². The summed E-state index contributed by atoms with van der Waals surface area (Å²) in [4.78, 5) is 0. The third kappa shape index (κ3) is 1.96. The second kappa shape index (κ2) is 3.57. The zero-order chi connectivity index (χ0) is 9.26. The predicted molar refractivity (Wildman–Crippen MR) is 50.8 cm³/mol. The zero-order valence-electron chi connectivity index (χ0n) is 7.46. The van der Waals surface area contributed by atoms with Crippen molar-refractivity contribution in [2.45, 2.75) is 38.4 Å². The Kier molecular flexibility index (Phi) is 2.44. The van der Waals surface area contributed by atoms with Gasteiger partial charge in [0.25, 0.3) is 0 Å². The molecule has 3 nitrogen and oxygen atoms in total. The van der Waals surface area contributed by atoms with Crippen molar-refractivity contribution in [1.29, 1.82) is 0 Å². The van der Waals surface area contributed by atoms with Crippen LogP contribution in [0.2, 0.25) is 0 Å². The van der Waals surface area contributed by atoms with E-state index >= 15 is 0 Å². The minimum atomic E-state index is -0.718. The van der Waals surface area contributed by atoms with E-state index in [-0.39, 0.29) is 6.04 Å². The van der Waals surface area contributed by atoms with E-state index in [0.717, 1.165) is 23.0 Å². The zero-order valence-corrected chi connectivity index (χ0v) is 8.27. The van der Waals surface area contributed by atoms with E-state index in [2.05, 4.69) is 15.5 Å². The molecule has 13 heavy (non-hydrogen) atoms. The van der Waals surface area contributed by atoms with E-state index in [9.17, 15) is 4.39 Å². The summed E-state index contributed by atoms with van der Waals surface area (Å²) in [6.45, 7) is 1.89. The molecule has 5 heteroatoms. The Bertz CT molecular complexity index is 289. The summed E-state index contributed by atoms with van der Waals surface area (Å²) in [5.74, 6) is 0. The lowest BCUT2D eigenvalue weighted by Gasteiger charge is -2.12. The first-order chi connectivity index (χ1) is 6.25. The molecule has 0 unspecified atom stereocenters. The monoisotopic (exact) mass is 201 g/mol. The SMILES string of the molecule is Cc1nnc(N[C@H]2CCC[C@H]2F)s1. The van der Waals surface area contributed by atoms with Crippen LogP contribution in [0.25, 0.3) is 0 Å². The lowest BCUT2D eigenvalue weighted by molar-refractivity contribution is 0.323. The van der Waals surface area contributed by atoms with Gasteiger partial charge in [-0.3, -0.25) is 0 Å². The van der Waals surface area contributed by atoms with Gasteiger partial charge in [-0.15, -0.1) is 10.2 Å². The first kappa shape index (κ1) is 8.87. The standard InChI is InChI=1S/C8H12FN3S/c1-5-11-12-8(13-5)10-7-4-2-3-6(7)9/h6-7H,2-4H2,1H3,(H,10,12)/t6-,7+/m1/s1.